The van der Waals surface area contributed by atoms with Crippen LogP contribution >= 0.6 is 0 Å². The first-order chi connectivity index (χ1) is 8.33. The van der Waals surface area contributed by atoms with Crippen LogP contribution in [0, 0.1) is 0 Å². The van der Waals surface area contributed by atoms with Crippen LogP contribution < -0.4 is 5.73 Å². The van der Waals surface area contributed by atoms with Crippen LogP contribution in [0.1, 0.15) is 30.0 Å². The summed E-state index contributed by atoms with van der Waals surface area (Å²) in [5.41, 5.74) is 8.91. The van der Waals surface area contributed by atoms with Crippen LogP contribution in [0.2, 0.25) is 0 Å². The van der Waals surface area contributed by atoms with Gasteiger partial charge in [0.2, 0.25) is 0 Å². The second kappa shape index (κ2) is 4.37. The Morgan fingerprint density at radius 3 is 2.94 bits per heavy atom. The number of imidazole rings is 1. The summed E-state index contributed by atoms with van der Waals surface area (Å²) in [6, 6.07) is 0.244. The zero-order chi connectivity index (χ0) is 11.7. The maximum absolute atomic E-state index is 6.12. The lowest BCUT2D eigenvalue weighted by Gasteiger charge is -2.17. The van der Waals surface area contributed by atoms with Gasteiger partial charge in [-0.05, 0) is 30.4 Å². The Morgan fingerprint density at radius 2 is 2.18 bits per heavy atom. The second-order valence-corrected chi connectivity index (χ2v) is 4.78. The summed E-state index contributed by atoms with van der Waals surface area (Å²) in [4.78, 5) is 4.05. The Kier molecular flexibility index (Phi) is 2.73. The van der Waals surface area contributed by atoms with Gasteiger partial charge in [0.1, 0.15) is 0 Å². The lowest BCUT2D eigenvalue weighted by atomic mass is 9.92. The van der Waals surface area contributed by atoms with E-state index in [1.807, 2.05) is 18.7 Å². The first kappa shape index (κ1) is 10.6. The summed E-state index contributed by atoms with van der Waals surface area (Å²) in [7, 11) is 0. The third-order valence-corrected chi connectivity index (χ3v) is 3.53. The van der Waals surface area contributed by atoms with Gasteiger partial charge in [-0.25, -0.2) is 4.98 Å². The SMILES string of the molecule is NC1CCCc2cn(CCn3ccnc3)cc21. The fraction of sp³-hybridized carbons (Fsp3) is 0.462. The molecule has 0 fully saturated rings. The van der Waals surface area contributed by atoms with Crippen molar-refractivity contribution in [3.05, 3.63) is 42.2 Å². The molecular weight excluding hydrogens is 212 g/mol. The van der Waals surface area contributed by atoms with Crippen LogP contribution in [0.4, 0.5) is 0 Å². The Bertz CT molecular complexity index is 483. The van der Waals surface area contributed by atoms with Gasteiger partial charge < -0.3 is 14.9 Å². The molecule has 1 atom stereocenters. The van der Waals surface area contributed by atoms with Crippen molar-refractivity contribution >= 4 is 0 Å². The van der Waals surface area contributed by atoms with Gasteiger partial charge in [-0.1, -0.05) is 0 Å². The number of rotatable bonds is 3. The zero-order valence-electron chi connectivity index (χ0n) is 9.92. The molecule has 0 aliphatic heterocycles. The molecule has 0 saturated carbocycles. The number of fused-ring (bicyclic) bond motifs is 1. The Balaban J connectivity index is 1.72. The van der Waals surface area contributed by atoms with Gasteiger partial charge in [0.15, 0.2) is 0 Å². The zero-order valence-corrected chi connectivity index (χ0v) is 9.92. The minimum absolute atomic E-state index is 0.244. The van der Waals surface area contributed by atoms with Crippen LogP contribution in [0.15, 0.2) is 31.1 Å². The van der Waals surface area contributed by atoms with Crippen molar-refractivity contribution in [3.63, 3.8) is 0 Å². The van der Waals surface area contributed by atoms with Crippen molar-refractivity contribution in [3.8, 4) is 0 Å². The van der Waals surface area contributed by atoms with E-state index >= 15 is 0 Å². The molecule has 2 heterocycles. The Morgan fingerprint density at radius 1 is 1.29 bits per heavy atom. The highest BCUT2D eigenvalue weighted by molar-refractivity contribution is 5.29. The number of nitrogens with zero attached hydrogens (tertiary/aromatic N) is 3. The summed E-state index contributed by atoms with van der Waals surface area (Å²) >= 11 is 0. The molecular formula is C13H18N4. The number of aryl methyl sites for hydroxylation is 3. The molecule has 1 aliphatic rings. The van der Waals surface area contributed by atoms with Crippen LogP contribution in [0.5, 0.6) is 0 Å². The summed E-state index contributed by atoms with van der Waals surface area (Å²) in [6.07, 6.45) is 13.7. The van der Waals surface area contributed by atoms with Gasteiger partial charge in [-0.3, -0.25) is 0 Å². The third kappa shape index (κ3) is 2.13. The van der Waals surface area contributed by atoms with Gasteiger partial charge in [-0.15, -0.1) is 0 Å². The van der Waals surface area contributed by atoms with E-state index in [2.05, 4.69) is 26.5 Å². The quantitative estimate of drug-likeness (QED) is 0.872. The van der Waals surface area contributed by atoms with Crippen LogP contribution in [0.25, 0.3) is 0 Å². The molecule has 0 bridgehead atoms. The normalized spacial score (nSPS) is 19.2. The molecule has 17 heavy (non-hydrogen) atoms. The highest BCUT2D eigenvalue weighted by Gasteiger charge is 2.18. The van der Waals surface area contributed by atoms with Crippen molar-refractivity contribution in [2.24, 2.45) is 5.73 Å². The van der Waals surface area contributed by atoms with Crippen molar-refractivity contribution in [1.82, 2.24) is 14.1 Å². The Hall–Kier alpha value is -1.55. The molecule has 0 radical (unpaired) electrons. The van der Waals surface area contributed by atoms with Crippen molar-refractivity contribution in [2.45, 2.75) is 38.4 Å². The van der Waals surface area contributed by atoms with Crippen molar-refractivity contribution in [1.29, 1.82) is 0 Å². The van der Waals surface area contributed by atoms with E-state index < -0.39 is 0 Å². The summed E-state index contributed by atoms with van der Waals surface area (Å²) in [6.45, 7) is 1.94. The molecule has 2 aromatic rings. The summed E-state index contributed by atoms with van der Waals surface area (Å²) in [5.74, 6) is 0. The molecule has 2 aromatic heterocycles. The van der Waals surface area contributed by atoms with E-state index in [1.165, 1.54) is 24.0 Å². The molecule has 2 N–H and O–H groups in total. The number of hydrogen-bond donors (Lipinski definition) is 1. The van der Waals surface area contributed by atoms with Crippen LogP contribution in [0.3, 0.4) is 0 Å². The van der Waals surface area contributed by atoms with Gasteiger partial charge in [0.25, 0.3) is 0 Å². The number of hydrogen-bond acceptors (Lipinski definition) is 2. The first-order valence-electron chi connectivity index (χ1n) is 6.23. The van der Waals surface area contributed by atoms with E-state index in [0.29, 0.717) is 0 Å². The second-order valence-electron chi connectivity index (χ2n) is 4.78. The van der Waals surface area contributed by atoms with Crippen molar-refractivity contribution in [2.75, 3.05) is 0 Å². The Labute approximate surface area is 101 Å². The lowest BCUT2D eigenvalue weighted by molar-refractivity contribution is 0.570. The fourth-order valence-corrected chi connectivity index (χ4v) is 2.56. The molecule has 0 saturated heterocycles. The van der Waals surface area contributed by atoms with Gasteiger partial charge in [0.05, 0.1) is 6.33 Å². The topological polar surface area (TPSA) is 48.8 Å². The van der Waals surface area contributed by atoms with E-state index in [1.54, 1.807) is 0 Å². The minimum atomic E-state index is 0.244. The minimum Gasteiger partial charge on any atom is -0.352 e. The van der Waals surface area contributed by atoms with Crippen molar-refractivity contribution < 1.29 is 0 Å². The summed E-state index contributed by atoms with van der Waals surface area (Å²) < 4.78 is 4.36. The number of nitrogens with two attached hydrogens (primary N) is 1. The van der Waals surface area contributed by atoms with Gasteiger partial charge >= 0.3 is 0 Å². The van der Waals surface area contributed by atoms with E-state index in [-0.39, 0.29) is 6.04 Å². The standard InChI is InChI=1S/C13H18N4/c14-13-3-1-2-11-8-17(9-12(11)13)7-6-16-5-4-15-10-16/h4-5,8-10,13H,1-3,6-7,14H2. The molecule has 0 amide bonds. The predicted molar refractivity (Wildman–Crippen MR) is 66.5 cm³/mol. The fourth-order valence-electron chi connectivity index (χ4n) is 2.56. The monoisotopic (exact) mass is 230 g/mol. The van der Waals surface area contributed by atoms with Crippen LogP contribution in [-0.2, 0) is 19.5 Å². The average Bonchev–Trinajstić information content (AvgIpc) is 2.95. The average molecular weight is 230 g/mol. The van der Waals surface area contributed by atoms with E-state index in [9.17, 15) is 0 Å². The smallest absolute Gasteiger partial charge is 0.0946 e. The lowest BCUT2D eigenvalue weighted by Crippen LogP contribution is -2.15. The largest absolute Gasteiger partial charge is 0.352 e. The molecule has 4 heteroatoms. The molecule has 1 unspecified atom stereocenters. The maximum atomic E-state index is 6.12. The molecule has 3 rings (SSSR count). The molecule has 1 aliphatic carbocycles. The third-order valence-electron chi connectivity index (χ3n) is 3.53. The van der Waals surface area contributed by atoms with Gasteiger partial charge in [0, 0.05) is 43.9 Å². The molecule has 0 spiro atoms. The highest BCUT2D eigenvalue weighted by atomic mass is 15.1. The summed E-state index contributed by atoms with van der Waals surface area (Å²) in [5, 5.41) is 0. The highest BCUT2D eigenvalue weighted by Crippen LogP contribution is 2.28. The van der Waals surface area contributed by atoms with E-state index in [4.69, 9.17) is 5.73 Å². The molecule has 90 valence electrons. The number of aromatic nitrogens is 3. The maximum Gasteiger partial charge on any atom is 0.0946 e. The van der Waals surface area contributed by atoms with E-state index in [0.717, 1.165) is 19.5 Å². The predicted octanol–water partition coefficient (Wildman–Crippen LogP) is 1.72. The molecule has 4 nitrogen and oxygen atoms in total. The first-order valence-corrected chi connectivity index (χ1v) is 6.23. The van der Waals surface area contributed by atoms with Gasteiger partial charge in [-0.2, -0.15) is 0 Å². The molecule has 0 aromatic carbocycles. The van der Waals surface area contributed by atoms with Crippen LogP contribution in [-0.4, -0.2) is 14.1 Å².